The predicted octanol–water partition coefficient (Wildman–Crippen LogP) is 3.92. The molecule has 0 bridgehead atoms. The monoisotopic (exact) mass is 354 g/mol. The Bertz CT molecular complexity index is 399. The number of rotatable bonds is 4. The van der Waals surface area contributed by atoms with Crippen LogP contribution in [0.25, 0.3) is 0 Å². The van der Waals surface area contributed by atoms with Gasteiger partial charge in [0.25, 0.3) is 0 Å². The summed E-state index contributed by atoms with van der Waals surface area (Å²) in [4.78, 5) is 0. The number of allylic oxidation sites excluding steroid dienone is 1. The molecule has 0 atom stereocenters. The number of hydrogen-bond acceptors (Lipinski definition) is 0. The average Bonchev–Trinajstić information content (AvgIpc) is 2.38. The highest BCUT2D eigenvalue weighted by Gasteiger charge is 2.10. The van der Waals surface area contributed by atoms with Crippen LogP contribution in [0.15, 0.2) is 73.3 Å². The zero-order valence-electron chi connectivity index (χ0n) is 9.62. The fourth-order valence-electron chi connectivity index (χ4n) is 1.70. The first kappa shape index (κ1) is 14.4. The van der Waals surface area contributed by atoms with Gasteiger partial charge in [-0.05, 0) is 24.7 Å². The molecule has 88 valence electrons. The average molecular weight is 354 g/mol. The zero-order chi connectivity index (χ0) is 11.2. The Morgan fingerprint density at radius 3 is 1.59 bits per heavy atom. The molecule has 0 unspecified atom stereocenters. The Kier molecular flexibility index (Phi) is 6.46. The van der Waals surface area contributed by atoms with Gasteiger partial charge in [0.1, 0.15) is 0 Å². The van der Waals surface area contributed by atoms with Gasteiger partial charge in [-0.25, -0.2) is 0 Å². The van der Waals surface area contributed by atoms with Gasteiger partial charge < -0.3 is 0 Å². The highest BCUT2D eigenvalue weighted by atomic mass is 127. The van der Waals surface area contributed by atoms with Crippen LogP contribution in [0.3, 0.4) is 0 Å². The fourth-order valence-corrected chi connectivity index (χ4v) is 3.75. The molecule has 2 aromatic rings. The third-order valence-corrected chi connectivity index (χ3v) is 4.91. The van der Waals surface area contributed by atoms with E-state index >= 15 is 0 Å². The Hall–Kier alpha value is -0.660. The molecule has 0 heterocycles. The van der Waals surface area contributed by atoms with Crippen LogP contribution in [0, 0.1) is 0 Å². The van der Waals surface area contributed by atoms with E-state index in [1.165, 1.54) is 10.6 Å². The van der Waals surface area contributed by atoms with E-state index in [1.54, 1.807) is 0 Å². The molecule has 2 aromatic carbocycles. The molecule has 0 aromatic heterocycles. The summed E-state index contributed by atoms with van der Waals surface area (Å²) >= 11 is 0. The van der Waals surface area contributed by atoms with Gasteiger partial charge in [-0.15, -0.1) is 30.6 Å². The maximum Gasteiger partial charge on any atom is -0.00669 e. The molecule has 2 heteroatoms. The lowest BCUT2D eigenvalue weighted by molar-refractivity contribution is 1.71. The van der Waals surface area contributed by atoms with Crippen LogP contribution < -0.4 is 10.6 Å². The van der Waals surface area contributed by atoms with Crippen LogP contribution >= 0.6 is 31.9 Å². The van der Waals surface area contributed by atoms with Crippen molar-refractivity contribution in [3.8, 4) is 0 Å². The summed E-state index contributed by atoms with van der Waals surface area (Å²) in [7, 11) is -0.269. The summed E-state index contributed by atoms with van der Waals surface area (Å²) in [5, 5.41) is 2.84. The molecule has 0 amide bonds. The van der Waals surface area contributed by atoms with E-state index in [0.29, 0.717) is 0 Å². The van der Waals surface area contributed by atoms with Crippen molar-refractivity contribution in [2.24, 2.45) is 0 Å². The summed E-state index contributed by atoms with van der Waals surface area (Å²) < 4.78 is 0. The quantitative estimate of drug-likeness (QED) is 0.444. The third kappa shape index (κ3) is 3.93. The lowest BCUT2D eigenvalue weighted by Gasteiger charge is -2.16. The van der Waals surface area contributed by atoms with Crippen molar-refractivity contribution < 1.29 is 0 Å². The molecule has 0 radical (unpaired) electrons. The zero-order valence-corrected chi connectivity index (χ0v) is 12.8. The van der Waals surface area contributed by atoms with E-state index in [2.05, 4.69) is 67.2 Å². The largest absolute Gasteiger partial charge is 0.107 e. The van der Waals surface area contributed by atoms with Gasteiger partial charge in [0, 0.05) is 0 Å². The summed E-state index contributed by atoms with van der Waals surface area (Å²) in [6, 6.07) is 21.4. The van der Waals surface area contributed by atoms with E-state index in [0.717, 1.165) is 6.16 Å². The number of halogens is 1. The lowest BCUT2D eigenvalue weighted by Crippen LogP contribution is -2.12. The van der Waals surface area contributed by atoms with Crippen LogP contribution in [0.2, 0.25) is 0 Å². The van der Waals surface area contributed by atoms with Gasteiger partial charge in [-0.1, -0.05) is 66.7 Å². The highest BCUT2D eigenvalue weighted by Crippen LogP contribution is 2.32. The molecule has 17 heavy (non-hydrogen) atoms. The van der Waals surface area contributed by atoms with Crippen LogP contribution in [-0.4, -0.2) is 6.16 Å². The van der Waals surface area contributed by atoms with Gasteiger partial charge in [0.15, 0.2) is 0 Å². The van der Waals surface area contributed by atoms with Gasteiger partial charge in [-0.3, -0.25) is 0 Å². The lowest BCUT2D eigenvalue weighted by atomic mass is 10.4. The van der Waals surface area contributed by atoms with Crippen molar-refractivity contribution in [3.63, 3.8) is 0 Å². The van der Waals surface area contributed by atoms with Crippen LogP contribution in [0.1, 0.15) is 0 Å². The minimum atomic E-state index is -0.269. The highest BCUT2D eigenvalue weighted by molar-refractivity contribution is 14.0. The van der Waals surface area contributed by atoms with E-state index in [1.807, 2.05) is 6.08 Å². The van der Waals surface area contributed by atoms with Crippen LogP contribution in [0.5, 0.6) is 0 Å². The molecule has 0 aliphatic heterocycles. The Morgan fingerprint density at radius 2 is 1.24 bits per heavy atom. The maximum atomic E-state index is 3.87. The first-order valence-electron chi connectivity index (χ1n) is 5.40. The van der Waals surface area contributed by atoms with E-state index in [4.69, 9.17) is 0 Å². The summed E-state index contributed by atoms with van der Waals surface area (Å²) in [5.41, 5.74) is 0. The minimum absolute atomic E-state index is 0. The SMILES string of the molecule is C=CCP(c1ccccc1)c1ccccc1.I. The number of hydrogen-bond donors (Lipinski definition) is 0. The van der Waals surface area contributed by atoms with Gasteiger partial charge in [0.05, 0.1) is 0 Å². The van der Waals surface area contributed by atoms with Gasteiger partial charge in [-0.2, -0.15) is 0 Å². The van der Waals surface area contributed by atoms with Crippen molar-refractivity contribution >= 4 is 42.5 Å². The molecular weight excluding hydrogens is 338 g/mol. The molecule has 0 saturated carbocycles. The second kappa shape index (κ2) is 7.62. The predicted molar refractivity (Wildman–Crippen MR) is 89.6 cm³/mol. The second-order valence-electron chi connectivity index (χ2n) is 3.57. The topological polar surface area (TPSA) is 0 Å². The molecule has 0 nitrogen and oxygen atoms in total. The Balaban J connectivity index is 0.00000144. The summed E-state index contributed by atoms with van der Waals surface area (Å²) in [5.74, 6) is 0. The molecule has 2 rings (SSSR count). The fraction of sp³-hybridized carbons (Fsp3) is 0.0667. The molecule has 0 spiro atoms. The van der Waals surface area contributed by atoms with Crippen molar-refractivity contribution in [1.29, 1.82) is 0 Å². The van der Waals surface area contributed by atoms with Crippen LogP contribution in [0.4, 0.5) is 0 Å². The molecule has 0 fully saturated rings. The smallest absolute Gasteiger partial charge is 0.00669 e. The van der Waals surface area contributed by atoms with Crippen LogP contribution in [-0.2, 0) is 0 Å². The van der Waals surface area contributed by atoms with E-state index in [9.17, 15) is 0 Å². The minimum Gasteiger partial charge on any atom is -0.107 e. The normalized spacial score (nSPS) is 9.71. The molecule has 0 saturated heterocycles. The van der Waals surface area contributed by atoms with Crippen molar-refractivity contribution in [1.82, 2.24) is 0 Å². The van der Waals surface area contributed by atoms with Gasteiger partial charge >= 0.3 is 0 Å². The standard InChI is InChI=1S/C15H15P.HI/c1-2-13-16(14-9-5-3-6-10-14)15-11-7-4-8-12-15;/h2-12H,1,13H2;1H. The first-order chi connectivity index (χ1) is 7.92. The molecule has 0 aliphatic carbocycles. The summed E-state index contributed by atoms with van der Waals surface area (Å²) in [6.45, 7) is 3.87. The van der Waals surface area contributed by atoms with Crippen molar-refractivity contribution in [2.75, 3.05) is 6.16 Å². The third-order valence-electron chi connectivity index (χ3n) is 2.45. The number of benzene rings is 2. The molecular formula is C15H16IP. The summed E-state index contributed by atoms with van der Waals surface area (Å²) in [6.07, 6.45) is 3.06. The van der Waals surface area contributed by atoms with E-state index < -0.39 is 0 Å². The second-order valence-corrected chi connectivity index (χ2v) is 5.82. The Labute approximate surface area is 122 Å². The van der Waals surface area contributed by atoms with Crippen molar-refractivity contribution in [2.45, 2.75) is 0 Å². The maximum absolute atomic E-state index is 3.87. The molecule has 0 N–H and O–H groups in total. The van der Waals surface area contributed by atoms with Gasteiger partial charge in [0.2, 0.25) is 0 Å². The van der Waals surface area contributed by atoms with E-state index in [-0.39, 0.29) is 31.9 Å². The Morgan fingerprint density at radius 1 is 0.824 bits per heavy atom. The van der Waals surface area contributed by atoms with Crippen molar-refractivity contribution in [3.05, 3.63) is 73.3 Å². The first-order valence-corrected chi connectivity index (χ1v) is 6.93. The molecule has 0 aliphatic rings.